The topological polar surface area (TPSA) is 104 Å². The molecule has 10 heteroatoms. The Labute approximate surface area is 205 Å². The predicted octanol–water partition coefficient (Wildman–Crippen LogP) is 4.11. The number of carbonyl (C=O) groups is 1. The first-order chi connectivity index (χ1) is 16.8. The van der Waals surface area contributed by atoms with Crippen LogP contribution in [0.5, 0.6) is 5.88 Å². The molecule has 1 aliphatic rings. The monoisotopic (exact) mass is 484 g/mol. The van der Waals surface area contributed by atoms with E-state index in [-0.39, 0.29) is 41.2 Å². The molecule has 0 unspecified atom stereocenters. The van der Waals surface area contributed by atoms with Gasteiger partial charge in [0.05, 0.1) is 11.8 Å². The number of nitrogens with one attached hydrogen (secondary N) is 1. The van der Waals surface area contributed by atoms with Crippen molar-refractivity contribution in [1.29, 1.82) is 5.26 Å². The van der Waals surface area contributed by atoms with Gasteiger partial charge in [-0.25, -0.2) is 19.2 Å². The highest BCUT2D eigenvalue weighted by molar-refractivity contribution is 5.68. The summed E-state index contributed by atoms with van der Waals surface area (Å²) in [5.41, 5.74) is 1.23. The van der Waals surface area contributed by atoms with Crippen LogP contribution in [0.3, 0.4) is 0 Å². The van der Waals surface area contributed by atoms with Gasteiger partial charge < -0.3 is 24.6 Å². The van der Waals surface area contributed by atoms with Crippen LogP contribution in [0.4, 0.5) is 20.7 Å². The van der Waals surface area contributed by atoms with Crippen molar-refractivity contribution in [1.82, 2.24) is 19.8 Å². The fraction of sp³-hybridized carbons (Fsp3) is 0.520. The molecule has 0 aliphatic carbocycles. The van der Waals surface area contributed by atoms with Gasteiger partial charge in [0.25, 0.3) is 0 Å². The van der Waals surface area contributed by atoms with Crippen LogP contribution in [-0.4, -0.2) is 71.8 Å². The summed E-state index contributed by atoms with van der Waals surface area (Å²) in [4.78, 5) is 24.1. The van der Waals surface area contributed by atoms with E-state index in [2.05, 4.69) is 26.3 Å². The Bertz CT molecular complexity index is 1050. The number of anilines is 2. The number of aromatic nitrogens is 2. The van der Waals surface area contributed by atoms with Gasteiger partial charge in [0.2, 0.25) is 5.88 Å². The number of halogens is 1. The van der Waals surface area contributed by atoms with Crippen LogP contribution in [0.2, 0.25) is 0 Å². The number of carbonyl (C=O) groups excluding carboxylic acids is 1. The molecule has 0 spiro atoms. The van der Waals surface area contributed by atoms with Gasteiger partial charge in [-0.15, -0.1) is 0 Å². The van der Waals surface area contributed by atoms with Gasteiger partial charge in [0.15, 0.2) is 11.4 Å². The third-order valence-electron chi connectivity index (χ3n) is 5.60. The number of likely N-dealkylation sites (tertiary alicyclic amines) is 1. The molecule has 0 saturated carbocycles. The van der Waals surface area contributed by atoms with Crippen molar-refractivity contribution in [2.24, 2.45) is 0 Å². The summed E-state index contributed by atoms with van der Waals surface area (Å²) in [7, 11) is 4.01. The second-order valence-electron chi connectivity index (χ2n) is 9.10. The Kier molecular flexibility index (Phi) is 9.20. The number of ether oxygens (including phenoxy) is 2. The van der Waals surface area contributed by atoms with Gasteiger partial charge >= 0.3 is 6.09 Å². The highest BCUT2D eigenvalue weighted by Gasteiger charge is 2.27. The quantitative estimate of drug-likeness (QED) is 0.567. The van der Waals surface area contributed by atoms with E-state index in [9.17, 15) is 14.4 Å². The van der Waals surface area contributed by atoms with E-state index in [1.807, 2.05) is 34.0 Å². The van der Waals surface area contributed by atoms with Crippen LogP contribution in [0, 0.1) is 17.1 Å². The minimum atomic E-state index is -0.419. The average molecular weight is 485 g/mol. The summed E-state index contributed by atoms with van der Waals surface area (Å²) in [5, 5.41) is 12.6. The van der Waals surface area contributed by atoms with Gasteiger partial charge in [0.1, 0.15) is 24.3 Å². The number of benzene rings is 1. The first kappa shape index (κ1) is 26.2. The average Bonchev–Trinajstić information content (AvgIpc) is 2.81. The van der Waals surface area contributed by atoms with Gasteiger partial charge in [-0.05, 0) is 65.0 Å². The molecular formula is C25H33FN6O3. The molecule has 1 N–H and O–H groups in total. The summed E-state index contributed by atoms with van der Waals surface area (Å²) >= 11 is 0. The first-order valence-electron chi connectivity index (χ1n) is 11.8. The second-order valence-corrected chi connectivity index (χ2v) is 9.10. The molecule has 0 bridgehead atoms. The normalized spacial score (nSPS) is 14.2. The predicted molar refractivity (Wildman–Crippen MR) is 130 cm³/mol. The number of piperidine rings is 1. The molecule has 188 valence electrons. The van der Waals surface area contributed by atoms with E-state index in [0.29, 0.717) is 25.9 Å². The van der Waals surface area contributed by atoms with Gasteiger partial charge in [0, 0.05) is 25.9 Å². The zero-order chi connectivity index (χ0) is 25.4. The van der Waals surface area contributed by atoms with Crippen LogP contribution in [-0.2, 0) is 11.2 Å². The standard InChI is InChI=1S/C25H33FN6O3/c1-17(2)34-25(33)32-12-9-19(10-13-32)35-24-20(15-27)23(28-16-29-24)30-22-8-7-18(14-21(22)26)6-5-11-31(3)4/h7-8,14,16-17,19H,5-6,9-13H2,1-4H3,(H,28,29,30). The molecule has 0 radical (unpaired) electrons. The van der Waals surface area contributed by atoms with Crippen LogP contribution in [0.1, 0.15) is 44.2 Å². The maximum atomic E-state index is 14.7. The number of aryl methyl sites for hydroxylation is 1. The van der Waals surface area contributed by atoms with Crippen molar-refractivity contribution in [2.45, 2.75) is 51.7 Å². The summed E-state index contributed by atoms with van der Waals surface area (Å²) in [6.07, 6.45) is 3.41. The molecule has 2 aromatic rings. The number of hydrogen-bond donors (Lipinski definition) is 1. The maximum absolute atomic E-state index is 14.7. The number of nitrogens with zero attached hydrogens (tertiary/aromatic N) is 5. The molecule has 1 saturated heterocycles. The largest absolute Gasteiger partial charge is 0.473 e. The summed E-state index contributed by atoms with van der Waals surface area (Å²) in [5.74, 6) is -0.110. The van der Waals surface area contributed by atoms with Crippen LogP contribution in [0.15, 0.2) is 24.5 Å². The lowest BCUT2D eigenvalue weighted by Gasteiger charge is -2.31. The molecule has 0 atom stereocenters. The lowest BCUT2D eigenvalue weighted by atomic mass is 10.1. The third kappa shape index (κ3) is 7.52. The Hall–Kier alpha value is -3.45. The van der Waals surface area contributed by atoms with E-state index < -0.39 is 5.82 Å². The van der Waals surface area contributed by atoms with Crippen molar-refractivity contribution in [3.05, 3.63) is 41.5 Å². The summed E-state index contributed by atoms with van der Waals surface area (Å²) in [6.45, 7) is 5.52. The van der Waals surface area contributed by atoms with Gasteiger partial charge in [-0.2, -0.15) is 5.26 Å². The van der Waals surface area contributed by atoms with E-state index in [4.69, 9.17) is 9.47 Å². The fourth-order valence-corrected chi connectivity index (χ4v) is 3.79. The van der Waals surface area contributed by atoms with Crippen LogP contribution >= 0.6 is 0 Å². The van der Waals surface area contributed by atoms with E-state index >= 15 is 0 Å². The highest BCUT2D eigenvalue weighted by atomic mass is 19.1. The van der Waals surface area contributed by atoms with E-state index in [1.54, 1.807) is 11.0 Å². The Morgan fingerprint density at radius 2 is 2.06 bits per heavy atom. The van der Waals surface area contributed by atoms with Gasteiger partial charge in [-0.1, -0.05) is 6.07 Å². The maximum Gasteiger partial charge on any atom is 0.410 e. The van der Waals surface area contributed by atoms with Crippen molar-refractivity contribution in [3.63, 3.8) is 0 Å². The highest BCUT2D eigenvalue weighted by Crippen LogP contribution is 2.28. The first-order valence-corrected chi connectivity index (χ1v) is 11.8. The van der Waals surface area contributed by atoms with Crippen molar-refractivity contribution >= 4 is 17.6 Å². The minimum Gasteiger partial charge on any atom is -0.473 e. The third-order valence-corrected chi connectivity index (χ3v) is 5.60. The lowest BCUT2D eigenvalue weighted by molar-refractivity contribution is 0.0506. The summed E-state index contributed by atoms with van der Waals surface area (Å²) < 4.78 is 26.0. The minimum absolute atomic E-state index is 0.101. The SMILES string of the molecule is CC(C)OC(=O)N1CCC(Oc2ncnc(Nc3ccc(CCCN(C)C)cc3F)c2C#N)CC1. The Morgan fingerprint density at radius 3 is 2.69 bits per heavy atom. The number of nitriles is 1. The van der Waals surface area contributed by atoms with Crippen LogP contribution in [0.25, 0.3) is 0 Å². The zero-order valence-corrected chi connectivity index (χ0v) is 20.8. The molecule has 1 aliphatic heterocycles. The number of hydrogen-bond acceptors (Lipinski definition) is 8. The summed E-state index contributed by atoms with van der Waals surface area (Å²) in [6, 6.07) is 7.08. The second kappa shape index (κ2) is 12.3. The smallest absolute Gasteiger partial charge is 0.410 e. The van der Waals surface area contributed by atoms with Crippen LogP contribution < -0.4 is 10.1 Å². The molecule has 1 aromatic carbocycles. The molecule has 1 amide bonds. The number of amides is 1. The van der Waals surface area contributed by atoms with Gasteiger partial charge in [-0.3, -0.25) is 0 Å². The molecule has 1 aromatic heterocycles. The van der Waals surface area contributed by atoms with Crippen molar-refractivity contribution < 1.29 is 18.7 Å². The molecule has 3 rings (SSSR count). The molecule has 35 heavy (non-hydrogen) atoms. The number of rotatable bonds is 9. The molecule has 2 heterocycles. The van der Waals surface area contributed by atoms with E-state index in [0.717, 1.165) is 24.9 Å². The Morgan fingerprint density at radius 1 is 1.31 bits per heavy atom. The van der Waals surface area contributed by atoms with Crippen molar-refractivity contribution in [2.75, 3.05) is 39.0 Å². The fourth-order valence-electron chi connectivity index (χ4n) is 3.79. The lowest BCUT2D eigenvalue weighted by Crippen LogP contribution is -2.42. The van der Waals surface area contributed by atoms with Crippen molar-refractivity contribution in [3.8, 4) is 11.9 Å². The molecular weight excluding hydrogens is 451 g/mol. The Balaban J connectivity index is 1.64. The zero-order valence-electron chi connectivity index (χ0n) is 20.8. The van der Waals surface area contributed by atoms with E-state index in [1.165, 1.54) is 12.4 Å². The molecule has 9 nitrogen and oxygen atoms in total. The molecule has 1 fully saturated rings.